The van der Waals surface area contributed by atoms with E-state index in [4.69, 9.17) is 4.74 Å². The van der Waals surface area contributed by atoms with Gasteiger partial charge in [0.15, 0.2) is 11.8 Å². The Hall–Kier alpha value is -3.48. The fourth-order valence-corrected chi connectivity index (χ4v) is 3.31. The zero-order valence-corrected chi connectivity index (χ0v) is 17.3. The SMILES string of the molecule is CC[C@@H](CNC(=O)[C@@H](C)OC(=O)c1nn(C)c(=O)c2ccccc12)c1ccccc1. The first kappa shape index (κ1) is 21.2. The third kappa shape index (κ3) is 4.56. The van der Waals surface area contributed by atoms with E-state index in [2.05, 4.69) is 17.3 Å². The molecular weight excluding hydrogens is 382 g/mol. The van der Waals surface area contributed by atoms with Crippen LogP contribution in [0.15, 0.2) is 59.4 Å². The van der Waals surface area contributed by atoms with E-state index in [0.717, 1.165) is 16.7 Å². The van der Waals surface area contributed by atoms with Crippen LogP contribution in [0.5, 0.6) is 0 Å². The fourth-order valence-electron chi connectivity index (χ4n) is 3.31. The molecular formula is C23H25N3O4. The average molecular weight is 407 g/mol. The minimum Gasteiger partial charge on any atom is -0.448 e. The summed E-state index contributed by atoms with van der Waals surface area (Å²) in [6.45, 7) is 4.02. The predicted molar refractivity (Wildman–Crippen MR) is 114 cm³/mol. The number of hydrogen-bond donors (Lipinski definition) is 1. The van der Waals surface area contributed by atoms with Crippen molar-refractivity contribution in [2.45, 2.75) is 32.3 Å². The number of carbonyl (C=O) groups excluding carboxylic acids is 2. The van der Waals surface area contributed by atoms with Crippen molar-refractivity contribution < 1.29 is 14.3 Å². The zero-order chi connectivity index (χ0) is 21.7. The van der Waals surface area contributed by atoms with Crippen LogP contribution in [0.4, 0.5) is 0 Å². The highest BCUT2D eigenvalue weighted by molar-refractivity contribution is 6.02. The van der Waals surface area contributed by atoms with Crippen LogP contribution in [0.1, 0.15) is 42.2 Å². The smallest absolute Gasteiger partial charge is 0.360 e. The van der Waals surface area contributed by atoms with E-state index >= 15 is 0 Å². The lowest BCUT2D eigenvalue weighted by Crippen LogP contribution is -2.38. The summed E-state index contributed by atoms with van der Waals surface area (Å²) in [5, 5.41) is 7.66. The van der Waals surface area contributed by atoms with Gasteiger partial charge in [0.1, 0.15) is 0 Å². The van der Waals surface area contributed by atoms with Gasteiger partial charge in [-0.2, -0.15) is 5.10 Å². The summed E-state index contributed by atoms with van der Waals surface area (Å²) in [5.41, 5.74) is 0.841. The van der Waals surface area contributed by atoms with Gasteiger partial charge in [-0.3, -0.25) is 9.59 Å². The maximum atomic E-state index is 12.7. The molecule has 0 aliphatic rings. The van der Waals surface area contributed by atoms with Crippen LogP contribution >= 0.6 is 0 Å². The Balaban J connectivity index is 1.69. The zero-order valence-electron chi connectivity index (χ0n) is 17.3. The molecule has 2 aromatic carbocycles. The highest BCUT2D eigenvalue weighted by atomic mass is 16.5. The van der Waals surface area contributed by atoms with Crippen molar-refractivity contribution in [3.63, 3.8) is 0 Å². The molecule has 3 rings (SSSR count). The Kier molecular flexibility index (Phi) is 6.61. The second kappa shape index (κ2) is 9.35. The first-order valence-electron chi connectivity index (χ1n) is 9.92. The van der Waals surface area contributed by atoms with Gasteiger partial charge < -0.3 is 10.1 Å². The second-order valence-corrected chi connectivity index (χ2v) is 7.13. The number of esters is 1. The first-order valence-corrected chi connectivity index (χ1v) is 9.92. The normalized spacial score (nSPS) is 12.9. The summed E-state index contributed by atoms with van der Waals surface area (Å²) in [6.07, 6.45) is -0.129. The topological polar surface area (TPSA) is 90.3 Å². The van der Waals surface area contributed by atoms with E-state index in [9.17, 15) is 14.4 Å². The lowest BCUT2D eigenvalue weighted by molar-refractivity contribution is -0.129. The van der Waals surface area contributed by atoms with Crippen molar-refractivity contribution in [2.75, 3.05) is 6.54 Å². The van der Waals surface area contributed by atoms with Crippen molar-refractivity contribution in [1.82, 2.24) is 15.1 Å². The van der Waals surface area contributed by atoms with Gasteiger partial charge in [0.05, 0.1) is 5.39 Å². The molecule has 0 aliphatic carbocycles. The largest absolute Gasteiger partial charge is 0.448 e. The van der Waals surface area contributed by atoms with Crippen LogP contribution in [0.2, 0.25) is 0 Å². The van der Waals surface area contributed by atoms with E-state index in [-0.39, 0.29) is 23.1 Å². The van der Waals surface area contributed by atoms with Crippen LogP contribution in [-0.2, 0) is 16.6 Å². The number of fused-ring (bicyclic) bond motifs is 1. The van der Waals surface area contributed by atoms with E-state index < -0.39 is 12.1 Å². The lowest BCUT2D eigenvalue weighted by Gasteiger charge is -2.18. The average Bonchev–Trinajstić information content (AvgIpc) is 2.77. The number of benzene rings is 2. The molecule has 3 aromatic rings. The van der Waals surface area contributed by atoms with Crippen LogP contribution < -0.4 is 10.9 Å². The highest BCUT2D eigenvalue weighted by Crippen LogP contribution is 2.18. The number of aryl methyl sites for hydroxylation is 1. The number of carbonyl (C=O) groups is 2. The maximum absolute atomic E-state index is 12.7. The molecule has 0 bridgehead atoms. The molecule has 0 saturated carbocycles. The van der Waals surface area contributed by atoms with E-state index in [1.807, 2.05) is 30.3 Å². The molecule has 2 atom stereocenters. The van der Waals surface area contributed by atoms with Gasteiger partial charge in [0.25, 0.3) is 11.5 Å². The van der Waals surface area contributed by atoms with E-state index in [1.54, 1.807) is 24.3 Å². The van der Waals surface area contributed by atoms with Crippen molar-refractivity contribution in [2.24, 2.45) is 7.05 Å². The standard InChI is InChI=1S/C23H25N3O4/c1-4-16(17-10-6-5-7-11-17)14-24-21(27)15(2)30-23(29)20-18-12-8-9-13-19(18)22(28)26(3)25-20/h5-13,15-16H,4,14H2,1-3H3,(H,24,27)/t15-,16+/m1/s1. The van der Waals surface area contributed by atoms with Crippen LogP contribution in [-0.4, -0.2) is 34.3 Å². The minimum atomic E-state index is -0.997. The van der Waals surface area contributed by atoms with Gasteiger partial charge >= 0.3 is 5.97 Å². The molecule has 0 radical (unpaired) electrons. The molecule has 0 saturated heterocycles. The molecule has 0 unspecified atom stereocenters. The fraction of sp³-hybridized carbons (Fsp3) is 0.304. The summed E-state index contributed by atoms with van der Waals surface area (Å²) in [7, 11) is 1.47. The van der Waals surface area contributed by atoms with Gasteiger partial charge in [-0.15, -0.1) is 0 Å². The molecule has 30 heavy (non-hydrogen) atoms. The molecule has 156 valence electrons. The quantitative estimate of drug-likeness (QED) is 0.608. The minimum absolute atomic E-state index is 0.00284. The molecule has 1 heterocycles. The third-order valence-electron chi connectivity index (χ3n) is 5.09. The van der Waals surface area contributed by atoms with Crippen molar-refractivity contribution in [3.8, 4) is 0 Å². The monoisotopic (exact) mass is 407 g/mol. The molecule has 0 spiro atoms. The Labute approximate surface area is 174 Å². The van der Waals surface area contributed by atoms with Crippen molar-refractivity contribution in [1.29, 1.82) is 0 Å². The van der Waals surface area contributed by atoms with Crippen molar-refractivity contribution in [3.05, 3.63) is 76.2 Å². The number of amides is 1. The van der Waals surface area contributed by atoms with Crippen LogP contribution in [0.25, 0.3) is 10.8 Å². The lowest BCUT2D eigenvalue weighted by atomic mass is 9.96. The summed E-state index contributed by atoms with van der Waals surface area (Å²) in [5.74, 6) is -0.960. The van der Waals surface area contributed by atoms with Crippen LogP contribution in [0, 0.1) is 0 Å². The van der Waals surface area contributed by atoms with Gasteiger partial charge in [0.2, 0.25) is 0 Å². The molecule has 0 aliphatic heterocycles. The van der Waals surface area contributed by atoms with Crippen LogP contribution in [0.3, 0.4) is 0 Å². The molecule has 1 amide bonds. The molecule has 7 heteroatoms. The Morgan fingerprint density at radius 3 is 2.37 bits per heavy atom. The number of aromatic nitrogens is 2. The van der Waals surface area contributed by atoms with Gasteiger partial charge in [-0.1, -0.05) is 55.5 Å². The van der Waals surface area contributed by atoms with Gasteiger partial charge in [0, 0.05) is 24.9 Å². The van der Waals surface area contributed by atoms with Gasteiger partial charge in [-0.05, 0) is 25.0 Å². The summed E-state index contributed by atoms with van der Waals surface area (Å²) < 4.78 is 6.44. The summed E-state index contributed by atoms with van der Waals surface area (Å²) in [4.78, 5) is 37.4. The number of rotatable bonds is 7. The molecule has 7 nitrogen and oxygen atoms in total. The van der Waals surface area contributed by atoms with Crippen molar-refractivity contribution >= 4 is 22.6 Å². The Morgan fingerprint density at radius 1 is 1.07 bits per heavy atom. The van der Waals surface area contributed by atoms with E-state index in [1.165, 1.54) is 14.0 Å². The number of hydrogen-bond acceptors (Lipinski definition) is 5. The molecule has 1 aromatic heterocycles. The maximum Gasteiger partial charge on any atom is 0.360 e. The third-order valence-corrected chi connectivity index (χ3v) is 5.09. The number of nitrogens with zero attached hydrogens (tertiary/aromatic N) is 2. The predicted octanol–water partition coefficient (Wildman–Crippen LogP) is 2.79. The molecule has 1 N–H and O–H groups in total. The molecule has 0 fully saturated rings. The Morgan fingerprint density at radius 2 is 1.70 bits per heavy atom. The number of ether oxygens (including phenoxy) is 1. The number of nitrogens with one attached hydrogen (secondary N) is 1. The van der Waals surface area contributed by atoms with Gasteiger partial charge in [-0.25, -0.2) is 9.48 Å². The summed E-state index contributed by atoms with van der Waals surface area (Å²) >= 11 is 0. The highest BCUT2D eigenvalue weighted by Gasteiger charge is 2.23. The first-order chi connectivity index (χ1) is 14.4. The summed E-state index contributed by atoms with van der Waals surface area (Å²) in [6, 6.07) is 16.6. The second-order valence-electron chi connectivity index (χ2n) is 7.13. The Bertz CT molecular complexity index is 1110. The van der Waals surface area contributed by atoms with E-state index in [0.29, 0.717) is 17.3 Å².